The van der Waals surface area contributed by atoms with E-state index in [4.69, 9.17) is 23.8 Å². The van der Waals surface area contributed by atoms with Gasteiger partial charge in [-0.3, -0.25) is 0 Å². The van der Waals surface area contributed by atoms with E-state index in [0.717, 1.165) is 66.1 Å². The molecule has 0 saturated carbocycles. The molecule has 5 aromatic heterocycles. The molecule has 0 aliphatic heterocycles. The highest BCUT2D eigenvalue weighted by Crippen LogP contribution is 2.46. The SMILES string of the molecule is c1ccc(-c2nc(-c3ccc4c(c3)oc3ccccc34)nc(-c3cccc4oc5ccc(-c6ccc(-n7c8ccccc8c8ccccc87)c7sc8ccccc8c67)cc5c34)n2)cc1. The first kappa shape index (κ1) is 35.2. The van der Waals surface area contributed by atoms with Crippen molar-refractivity contribution in [1.29, 1.82) is 0 Å². The quantitative estimate of drug-likeness (QED) is 0.173. The van der Waals surface area contributed by atoms with Gasteiger partial charge in [-0.25, -0.2) is 15.0 Å². The van der Waals surface area contributed by atoms with Gasteiger partial charge in [0.15, 0.2) is 17.5 Å². The summed E-state index contributed by atoms with van der Waals surface area (Å²) in [6, 6.07) is 67.9. The first-order valence-corrected chi connectivity index (χ1v) is 22.2. The van der Waals surface area contributed by atoms with Gasteiger partial charge in [0.2, 0.25) is 0 Å². The van der Waals surface area contributed by atoms with Gasteiger partial charge in [0.05, 0.1) is 21.4 Å². The highest BCUT2D eigenvalue weighted by Gasteiger charge is 2.22. The molecule has 0 spiro atoms. The maximum absolute atomic E-state index is 6.62. The lowest BCUT2D eigenvalue weighted by molar-refractivity contribution is 0.668. The van der Waals surface area contributed by atoms with Crippen LogP contribution in [0, 0.1) is 0 Å². The van der Waals surface area contributed by atoms with E-state index in [9.17, 15) is 0 Å². The van der Waals surface area contributed by atoms with Crippen molar-refractivity contribution in [3.05, 3.63) is 194 Å². The van der Waals surface area contributed by atoms with Crippen molar-refractivity contribution < 1.29 is 8.83 Å². The minimum absolute atomic E-state index is 0.562. The third kappa shape index (κ3) is 5.22. The molecule has 0 aliphatic rings. The lowest BCUT2D eigenvalue weighted by Crippen LogP contribution is -2.00. The normalized spacial score (nSPS) is 12.1. The number of nitrogens with zero attached hydrogens (tertiary/aromatic N) is 4. The predicted octanol–water partition coefficient (Wildman–Crippen LogP) is 15.8. The molecule has 0 N–H and O–H groups in total. The molecule has 64 heavy (non-hydrogen) atoms. The van der Waals surface area contributed by atoms with Gasteiger partial charge in [0.25, 0.3) is 0 Å². The largest absolute Gasteiger partial charge is 0.456 e. The number of aromatic nitrogens is 4. The number of hydrogen-bond acceptors (Lipinski definition) is 6. The Morgan fingerprint density at radius 2 is 0.984 bits per heavy atom. The molecule has 6 nitrogen and oxygen atoms in total. The number of furan rings is 2. The van der Waals surface area contributed by atoms with Crippen molar-refractivity contribution in [1.82, 2.24) is 19.5 Å². The minimum Gasteiger partial charge on any atom is -0.456 e. The maximum Gasteiger partial charge on any atom is 0.164 e. The van der Waals surface area contributed by atoms with Crippen LogP contribution < -0.4 is 0 Å². The van der Waals surface area contributed by atoms with E-state index in [2.05, 4.69) is 132 Å². The van der Waals surface area contributed by atoms with E-state index in [1.165, 1.54) is 53.2 Å². The zero-order chi connectivity index (χ0) is 41.9. The lowest BCUT2D eigenvalue weighted by atomic mass is 9.96. The summed E-state index contributed by atoms with van der Waals surface area (Å²) >= 11 is 1.85. The predicted molar refractivity (Wildman–Crippen MR) is 263 cm³/mol. The van der Waals surface area contributed by atoms with Gasteiger partial charge in [0.1, 0.15) is 22.3 Å². The van der Waals surface area contributed by atoms with Gasteiger partial charge in [0, 0.05) is 64.5 Å². The van der Waals surface area contributed by atoms with E-state index < -0.39 is 0 Å². The topological polar surface area (TPSA) is 69.9 Å². The number of fused-ring (bicyclic) bond motifs is 12. The third-order valence-corrected chi connectivity index (χ3v) is 13.9. The first-order chi connectivity index (χ1) is 31.7. The van der Waals surface area contributed by atoms with Crippen LogP contribution in [0.25, 0.3) is 137 Å². The lowest BCUT2D eigenvalue weighted by Gasteiger charge is -2.13. The van der Waals surface area contributed by atoms with E-state index in [-0.39, 0.29) is 0 Å². The van der Waals surface area contributed by atoms with Crippen LogP contribution in [0.3, 0.4) is 0 Å². The molecular weight excluding hydrogens is 805 g/mol. The average molecular weight is 837 g/mol. The molecule has 14 aromatic rings. The zero-order valence-electron chi connectivity index (χ0n) is 34.0. The number of para-hydroxylation sites is 3. The average Bonchev–Trinajstić information content (AvgIpc) is 4.13. The minimum atomic E-state index is 0.562. The van der Waals surface area contributed by atoms with E-state index >= 15 is 0 Å². The summed E-state index contributed by atoms with van der Waals surface area (Å²) in [4.78, 5) is 15.5. The summed E-state index contributed by atoms with van der Waals surface area (Å²) in [6.07, 6.45) is 0. The maximum atomic E-state index is 6.62. The van der Waals surface area contributed by atoms with Gasteiger partial charge >= 0.3 is 0 Å². The third-order valence-electron chi connectivity index (χ3n) is 12.7. The van der Waals surface area contributed by atoms with Crippen LogP contribution in [-0.2, 0) is 0 Å². The van der Waals surface area contributed by atoms with Crippen molar-refractivity contribution in [2.24, 2.45) is 0 Å². The van der Waals surface area contributed by atoms with Gasteiger partial charge < -0.3 is 13.4 Å². The summed E-state index contributed by atoms with van der Waals surface area (Å²) in [5.74, 6) is 1.71. The summed E-state index contributed by atoms with van der Waals surface area (Å²) in [5.41, 5.74) is 11.6. The second-order valence-electron chi connectivity index (χ2n) is 16.3. The summed E-state index contributed by atoms with van der Waals surface area (Å²) in [6.45, 7) is 0. The number of benzene rings is 9. The monoisotopic (exact) mass is 836 g/mol. The molecule has 0 amide bonds. The fraction of sp³-hybridized carbons (Fsp3) is 0. The second-order valence-corrected chi connectivity index (χ2v) is 17.3. The molecule has 0 radical (unpaired) electrons. The molecule has 0 aliphatic carbocycles. The van der Waals surface area contributed by atoms with Crippen LogP contribution in [0.5, 0.6) is 0 Å². The standard InChI is InChI=1S/C57H32N4O2S/c1-2-13-33(14-3-1)55-58-56(35-25-27-40-39-17-6-10-22-47(39)63-50(40)32-35)60-57(59-55)42-19-12-23-49-52(42)43-31-34(26-30-48(43)62-49)36-28-29-46(54-53(36)41-18-7-11-24-51(41)64-54)61-44-20-8-4-15-37(44)38-16-5-9-21-45(38)61/h1-32H. The van der Waals surface area contributed by atoms with Gasteiger partial charge in [-0.05, 0) is 71.8 Å². The smallest absolute Gasteiger partial charge is 0.164 e. The highest BCUT2D eigenvalue weighted by atomic mass is 32.1. The molecule has 0 saturated heterocycles. The molecule has 298 valence electrons. The zero-order valence-corrected chi connectivity index (χ0v) is 34.8. The molecule has 0 unspecified atom stereocenters. The fourth-order valence-corrected chi connectivity index (χ4v) is 11.0. The summed E-state index contributed by atoms with van der Waals surface area (Å²) < 4.78 is 17.9. The van der Waals surface area contributed by atoms with Crippen molar-refractivity contribution in [2.75, 3.05) is 0 Å². The second kappa shape index (κ2) is 13.6. The Morgan fingerprint density at radius 3 is 1.81 bits per heavy atom. The molecule has 7 heteroatoms. The Labute approximate surface area is 368 Å². The van der Waals surface area contributed by atoms with Crippen molar-refractivity contribution in [3.8, 4) is 51.0 Å². The number of thiophene rings is 1. The van der Waals surface area contributed by atoms with Gasteiger partial charge in [-0.2, -0.15) is 0 Å². The Balaban J connectivity index is 0.978. The van der Waals surface area contributed by atoms with Gasteiger partial charge in [-0.15, -0.1) is 11.3 Å². The Morgan fingerprint density at radius 1 is 0.359 bits per heavy atom. The van der Waals surface area contributed by atoms with Crippen molar-refractivity contribution in [3.63, 3.8) is 0 Å². The Bertz CT molecular complexity index is 4160. The molecule has 0 fully saturated rings. The number of rotatable bonds is 5. The summed E-state index contributed by atoms with van der Waals surface area (Å²) in [5, 5.41) is 9.06. The molecule has 5 heterocycles. The number of hydrogen-bond donors (Lipinski definition) is 0. The van der Waals surface area contributed by atoms with E-state index in [0.29, 0.717) is 17.5 Å². The fourth-order valence-electron chi connectivity index (χ4n) is 9.80. The van der Waals surface area contributed by atoms with Crippen LogP contribution in [-0.4, -0.2) is 19.5 Å². The highest BCUT2D eigenvalue weighted by molar-refractivity contribution is 7.26. The molecule has 14 rings (SSSR count). The van der Waals surface area contributed by atoms with Crippen molar-refractivity contribution in [2.45, 2.75) is 0 Å². The van der Waals surface area contributed by atoms with Crippen LogP contribution >= 0.6 is 11.3 Å². The van der Waals surface area contributed by atoms with E-state index in [1.807, 2.05) is 78.1 Å². The van der Waals surface area contributed by atoms with Crippen LogP contribution in [0.4, 0.5) is 0 Å². The molecule has 0 bridgehead atoms. The molecule has 0 atom stereocenters. The first-order valence-electron chi connectivity index (χ1n) is 21.3. The molecule has 9 aromatic carbocycles. The Kier molecular flexibility index (Phi) is 7.46. The van der Waals surface area contributed by atoms with Crippen LogP contribution in [0.15, 0.2) is 203 Å². The molecular formula is C57H32N4O2S. The Hall–Kier alpha value is -8.39. The van der Waals surface area contributed by atoms with E-state index in [1.54, 1.807) is 0 Å². The summed E-state index contributed by atoms with van der Waals surface area (Å²) in [7, 11) is 0. The van der Waals surface area contributed by atoms with Gasteiger partial charge in [-0.1, -0.05) is 133 Å². The van der Waals surface area contributed by atoms with Crippen molar-refractivity contribution >= 4 is 97.2 Å². The van der Waals surface area contributed by atoms with Crippen LogP contribution in [0.2, 0.25) is 0 Å². The van der Waals surface area contributed by atoms with Crippen LogP contribution in [0.1, 0.15) is 0 Å².